The molecule has 38 heavy (non-hydrogen) atoms. The maximum absolute atomic E-state index is 3.91. The predicted octanol–water partition coefficient (Wildman–Crippen LogP) is 10.5. The van der Waals surface area contributed by atoms with Crippen LogP contribution in [0.25, 0.3) is 11.1 Å². The summed E-state index contributed by atoms with van der Waals surface area (Å²) >= 11 is 0. The Kier molecular flexibility index (Phi) is 9.60. The quantitative estimate of drug-likeness (QED) is 0.366. The van der Waals surface area contributed by atoms with E-state index in [0.29, 0.717) is 5.92 Å². The van der Waals surface area contributed by atoms with Crippen molar-refractivity contribution in [2.24, 2.45) is 5.92 Å². The molecule has 1 N–H and O–H groups in total. The molecular weight excluding hydrogens is 458 g/mol. The molecule has 0 amide bonds. The molecule has 196 valence electrons. The summed E-state index contributed by atoms with van der Waals surface area (Å²) in [5, 5.41) is 3.62. The van der Waals surface area contributed by atoms with Crippen LogP contribution < -0.4 is 5.32 Å². The lowest BCUT2D eigenvalue weighted by Crippen LogP contribution is -2.14. The molecule has 0 spiro atoms. The topological polar surface area (TPSA) is 12.0 Å². The molecular formula is C37H43N. The highest BCUT2D eigenvalue weighted by Gasteiger charge is 2.19. The van der Waals surface area contributed by atoms with E-state index in [2.05, 4.69) is 125 Å². The summed E-state index contributed by atoms with van der Waals surface area (Å²) in [4.78, 5) is 0. The molecule has 1 atom stereocenters. The highest BCUT2D eigenvalue weighted by atomic mass is 14.9. The molecule has 1 aliphatic heterocycles. The fraction of sp³-hybridized carbons (Fsp3) is 0.297. The Hall–Kier alpha value is -3.58. The van der Waals surface area contributed by atoms with Gasteiger partial charge < -0.3 is 5.32 Å². The Bertz CT molecular complexity index is 1330. The van der Waals surface area contributed by atoms with Gasteiger partial charge in [0.2, 0.25) is 0 Å². The van der Waals surface area contributed by atoms with E-state index < -0.39 is 0 Å². The standard InChI is InChI=1S/C37H43N/c1-6-8-16-30(31-20-21-37-36(25-31)34-19-12-10-11-18-33(34)26-38-37)23-28(4)24-35-29(5)15-13-14-27(3)22-32(35)17-9-7-2/h6-10,12,15-21,23,25,27,38H,2,11,13-14,22,24,26H2,1,3-5H3/b8-6-,17-9-,28-23+,29-15-,30-16+,35-32-. The van der Waals surface area contributed by atoms with Crippen LogP contribution in [-0.4, -0.2) is 6.54 Å². The van der Waals surface area contributed by atoms with Crippen LogP contribution in [0.1, 0.15) is 70.9 Å². The highest BCUT2D eigenvalue weighted by molar-refractivity contribution is 5.92. The van der Waals surface area contributed by atoms with E-state index in [9.17, 15) is 0 Å². The average molecular weight is 502 g/mol. The van der Waals surface area contributed by atoms with Crippen molar-refractivity contribution >= 4 is 16.8 Å². The fourth-order valence-electron chi connectivity index (χ4n) is 5.58. The van der Waals surface area contributed by atoms with Crippen LogP contribution in [-0.2, 0) is 0 Å². The lowest BCUT2D eigenvalue weighted by molar-refractivity contribution is 0.531. The Morgan fingerprint density at radius 2 is 2.05 bits per heavy atom. The van der Waals surface area contributed by atoms with Crippen LogP contribution in [0, 0.1) is 5.92 Å². The van der Waals surface area contributed by atoms with Crippen LogP contribution in [0.3, 0.4) is 0 Å². The lowest BCUT2D eigenvalue weighted by atomic mass is 9.84. The minimum Gasteiger partial charge on any atom is -0.380 e. The number of hydrogen-bond donors (Lipinski definition) is 1. The molecule has 4 rings (SSSR count). The van der Waals surface area contributed by atoms with Crippen LogP contribution in [0.15, 0.2) is 126 Å². The second kappa shape index (κ2) is 13.3. The largest absolute Gasteiger partial charge is 0.380 e. The van der Waals surface area contributed by atoms with Crippen molar-refractivity contribution in [1.82, 2.24) is 0 Å². The molecule has 3 aliphatic rings. The van der Waals surface area contributed by atoms with E-state index >= 15 is 0 Å². The van der Waals surface area contributed by atoms with Gasteiger partial charge in [-0.05, 0) is 104 Å². The number of benzene rings is 1. The van der Waals surface area contributed by atoms with E-state index in [1.165, 1.54) is 62.2 Å². The number of allylic oxidation sites excluding steroid dienone is 17. The second-order valence-electron chi connectivity index (χ2n) is 10.8. The highest BCUT2D eigenvalue weighted by Crippen LogP contribution is 2.38. The summed E-state index contributed by atoms with van der Waals surface area (Å²) < 4.78 is 0. The van der Waals surface area contributed by atoms with Crippen LogP contribution >= 0.6 is 0 Å². The second-order valence-corrected chi connectivity index (χ2v) is 10.8. The summed E-state index contributed by atoms with van der Waals surface area (Å²) in [6.07, 6.45) is 32.1. The molecule has 1 aromatic carbocycles. The third-order valence-corrected chi connectivity index (χ3v) is 7.66. The minimum atomic E-state index is 0.685. The number of nitrogens with one attached hydrogen (secondary N) is 1. The van der Waals surface area contributed by atoms with Gasteiger partial charge in [-0.25, -0.2) is 0 Å². The Labute approximate surface area is 230 Å². The summed E-state index contributed by atoms with van der Waals surface area (Å²) in [7, 11) is 0. The minimum absolute atomic E-state index is 0.685. The van der Waals surface area contributed by atoms with E-state index in [0.717, 1.165) is 32.2 Å². The zero-order valence-corrected chi connectivity index (χ0v) is 23.7. The molecule has 0 fully saturated rings. The van der Waals surface area contributed by atoms with Gasteiger partial charge in [-0.15, -0.1) is 0 Å². The first-order chi connectivity index (χ1) is 18.5. The van der Waals surface area contributed by atoms with E-state index in [1.54, 1.807) is 0 Å². The van der Waals surface area contributed by atoms with E-state index in [4.69, 9.17) is 0 Å². The van der Waals surface area contributed by atoms with E-state index in [1.807, 2.05) is 6.08 Å². The Morgan fingerprint density at radius 3 is 2.87 bits per heavy atom. The van der Waals surface area contributed by atoms with E-state index in [-0.39, 0.29) is 0 Å². The van der Waals surface area contributed by atoms with Gasteiger partial charge in [0.25, 0.3) is 0 Å². The fourth-order valence-corrected chi connectivity index (χ4v) is 5.58. The van der Waals surface area contributed by atoms with Gasteiger partial charge in [0.15, 0.2) is 0 Å². The first kappa shape index (κ1) is 27.5. The normalized spacial score (nSPS) is 23.9. The van der Waals surface area contributed by atoms with Gasteiger partial charge in [-0.2, -0.15) is 0 Å². The molecule has 1 aromatic rings. The molecule has 1 heteroatoms. The van der Waals surface area contributed by atoms with Crippen LogP contribution in [0.4, 0.5) is 5.69 Å². The van der Waals surface area contributed by atoms with Crippen molar-refractivity contribution in [2.45, 2.75) is 59.8 Å². The van der Waals surface area contributed by atoms with Crippen LogP contribution in [0.2, 0.25) is 0 Å². The average Bonchev–Trinajstić information content (AvgIpc) is 3.17. The zero-order chi connectivity index (χ0) is 26.9. The predicted molar refractivity (Wildman–Crippen MR) is 169 cm³/mol. The molecule has 0 saturated carbocycles. The van der Waals surface area contributed by atoms with Gasteiger partial charge in [0.1, 0.15) is 0 Å². The maximum Gasteiger partial charge on any atom is 0.0423 e. The molecule has 0 aromatic heterocycles. The van der Waals surface area contributed by atoms with Crippen molar-refractivity contribution in [3.05, 3.63) is 137 Å². The zero-order valence-electron chi connectivity index (χ0n) is 23.7. The lowest BCUT2D eigenvalue weighted by Gasteiger charge is -2.24. The SMILES string of the molecule is C=C\C=C/C1=C(C/C(C)=C/C(=C\C=C/C)c2ccc3c(c2)C2=CC=CCC=C2CN3)/C(C)=C\CCC(C)C1. The van der Waals surface area contributed by atoms with Gasteiger partial charge in [0.05, 0.1) is 0 Å². The summed E-state index contributed by atoms with van der Waals surface area (Å²) in [6.45, 7) is 13.8. The van der Waals surface area contributed by atoms with Crippen molar-refractivity contribution < 1.29 is 0 Å². The molecule has 2 aliphatic carbocycles. The summed E-state index contributed by atoms with van der Waals surface area (Å²) in [6, 6.07) is 6.86. The van der Waals surface area contributed by atoms with Crippen molar-refractivity contribution in [3.8, 4) is 0 Å². The van der Waals surface area contributed by atoms with Gasteiger partial charge in [0, 0.05) is 17.8 Å². The first-order valence-electron chi connectivity index (χ1n) is 14.1. The first-order valence-corrected chi connectivity index (χ1v) is 14.1. The maximum atomic E-state index is 3.91. The molecule has 0 radical (unpaired) electrons. The van der Waals surface area contributed by atoms with Gasteiger partial charge >= 0.3 is 0 Å². The summed E-state index contributed by atoms with van der Waals surface area (Å²) in [5.74, 6) is 0.685. The monoisotopic (exact) mass is 501 g/mol. The molecule has 0 saturated heterocycles. The smallest absolute Gasteiger partial charge is 0.0423 e. The van der Waals surface area contributed by atoms with Gasteiger partial charge in [-0.1, -0.05) is 104 Å². The number of fused-ring (bicyclic) bond motifs is 3. The molecule has 1 unspecified atom stereocenters. The number of hydrogen-bond acceptors (Lipinski definition) is 1. The number of anilines is 1. The molecule has 1 heterocycles. The van der Waals surface area contributed by atoms with Crippen molar-refractivity contribution in [2.75, 3.05) is 11.9 Å². The summed E-state index contributed by atoms with van der Waals surface area (Å²) in [5.41, 5.74) is 13.4. The number of rotatable bonds is 7. The third-order valence-electron chi connectivity index (χ3n) is 7.66. The van der Waals surface area contributed by atoms with Crippen molar-refractivity contribution in [1.29, 1.82) is 0 Å². The Balaban J connectivity index is 1.72. The van der Waals surface area contributed by atoms with Crippen molar-refractivity contribution in [3.63, 3.8) is 0 Å². The van der Waals surface area contributed by atoms with Crippen LogP contribution in [0.5, 0.6) is 0 Å². The Morgan fingerprint density at radius 1 is 1.18 bits per heavy atom. The molecule has 0 bridgehead atoms. The van der Waals surface area contributed by atoms with Gasteiger partial charge in [-0.3, -0.25) is 0 Å². The third kappa shape index (κ3) is 6.84. The molecule has 1 nitrogen and oxygen atoms in total.